The molecule has 1 aliphatic carbocycles. The van der Waals surface area contributed by atoms with Crippen molar-refractivity contribution in [2.24, 2.45) is 5.92 Å². The van der Waals surface area contributed by atoms with Gasteiger partial charge in [-0.2, -0.15) is 5.10 Å². The number of pyridine rings is 1. The van der Waals surface area contributed by atoms with Crippen LogP contribution in [0, 0.1) is 5.92 Å². The number of alkyl halides is 2. The van der Waals surface area contributed by atoms with Gasteiger partial charge in [-0.25, -0.2) is 18.6 Å². The molecule has 0 radical (unpaired) electrons. The lowest BCUT2D eigenvalue weighted by Gasteiger charge is -2.38. The van der Waals surface area contributed by atoms with Crippen LogP contribution in [0.15, 0.2) is 48.9 Å². The molecule has 1 aliphatic heterocycles. The molecule has 2 aliphatic rings. The van der Waals surface area contributed by atoms with E-state index >= 15 is 0 Å². The van der Waals surface area contributed by atoms with E-state index in [0.29, 0.717) is 26.1 Å². The lowest BCUT2D eigenvalue weighted by molar-refractivity contribution is -0.114. The highest BCUT2D eigenvalue weighted by molar-refractivity contribution is 5.81. The van der Waals surface area contributed by atoms with Gasteiger partial charge in [0.15, 0.2) is 0 Å². The Morgan fingerprint density at radius 1 is 1.12 bits per heavy atom. The summed E-state index contributed by atoms with van der Waals surface area (Å²) in [6, 6.07) is 10.4. The van der Waals surface area contributed by atoms with Crippen LogP contribution in [0.3, 0.4) is 0 Å². The molecule has 9 nitrogen and oxygen atoms in total. The predicted molar refractivity (Wildman–Crippen MR) is 160 cm³/mol. The van der Waals surface area contributed by atoms with E-state index in [1.165, 1.54) is 5.56 Å². The molecule has 3 aromatic heterocycles. The minimum Gasteiger partial charge on any atom is -0.444 e. The molecule has 11 heteroatoms. The van der Waals surface area contributed by atoms with E-state index in [2.05, 4.69) is 39.0 Å². The Labute approximate surface area is 250 Å². The van der Waals surface area contributed by atoms with Gasteiger partial charge in [-0.1, -0.05) is 6.07 Å². The smallest absolute Gasteiger partial charge is 0.410 e. The van der Waals surface area contributed by atoms with Crippen LogP contribution < -0.4 is 0 Å². The molecule has 4 heterocycles. The maximum atomic E-state index is 13.2. The number of ether oxygens (including phenoxy) is 1. The lowest BCUT2D eigenvalue weighted by atomic mass is 9.81. The van der Waals surface area contributed by atoms with Gasteiger partial charge in [0.1, 0.15) is 11.4 Å². The maximum Gasteiger partial charge on any atom is 0.410 e. The van der Waals surface area contributed by atoms with Gasteiger partial charge in [0.2, 0.25) is 5.92 Å². The quantitative estimate of drug-likeness (QED) is 0.281. The Kier molecular flexibility index (Phi) is 7.70. The second-order valence-electron chi connectivity index (χ2n) is 12.9. The number of carbonyl (C=O) groups is 1. The maximum absolute atomic E-state index is 13.2. The number of aromatic amines is 1. The van der Waals surface area contributed by atoms with Gasteiger partial charge >= 0.3 is 6.09 Å². The van der Waals surface area contributed by atoms with Crippen molar-refractivity contribution < 1.29 is 18.3 Å². The molecule has 228 valence electrons. The van der Waals surface area contributed by atoms with Crippen LogP contribution in [0.25, 0.3) is 22.2 Å². The van der Waals surface area contributed by atoms with Crippen molar-refractivity contribution in [1.82, 2.24) is 34.5 Å². The van der Waals surface area contributed by atoms with Gasteiger partial charge in [-0.3, -0.25) is 14.6 Å². The first-order valence-electron chi connectivity index (χ1n) is 15.0. The van der Waals surface area contributed by atoms with Gasteiger partial charge in [-0.05, 0) is 69.0 Å². The summed E-state index contributed by atoms with van der Waals surface area (Å²) in [7, 11) is 0. The van der Waals surface area contributed by atoms with E-state index in [1.807, 2.05) is 51.4 Å². The molecular formula is C32H39F2N7O2. The largest absolute Gasteiger partial charge is 0.444 e. The van der Waals surface area contributed by atoms with Crippen LogP contribution in [0.5, 0.6) is 0 Å². The number of piperazine rings is 1. The molecule has 1 saturated heterocycles. The van der Waals surface area contributed by atoms with Crippen molar-refractivity contribution in [3.63, 3.8) is 0 Å². The summed E-state index contributed by atoms with van der Waals surface area (Å²) in [5.41, 5.74) is 5.34. The Bertz CT molecular complexity index is 1590. The Morgan fingerprint density at radius 2 is 1.88 bits per heavy atom. The summed E-state index contributed by atoms with van der Waals surface area (Å²) in [5.74, 6) is -1.71. The van der Waals surface area contributed by atoms with Crippen molar-refractivity contribution in [2.45, 2.75) is 71.1 Å². The monoisotopic (exact) mass is 591 g/mol. The van der Waals surface area contributed by atoms with E-state index in [4.69, 9.17) is 9.72 Å². The van der Waals surface area contributed by atoms with Crippen molar-refractivity contribution in [2.75, 3.05) is 26.2 Å². The van der Waals surface area contributed by atoms with Gasteiger partial charge in [0.25, 0.3) is 0 Å². The second-order valence-corrected chi connectivity index (χ2v) is 12.9. The number of halogens is 2. The molecule has 0 bridgehead atoms. The number of hydrogen-bond donors (Lipinski definition) is 1. The number of rotatable bonds is 7. The molecule has 4 aromatic rings. The van der Waals surface area contributed by atoms with Crippen molar-refractivity contribution in [3.05, 3.63) is 66.0 Å². The lowest BCUT2D eigenvalue weighted by Crippen LogP contribution is -2.50. The fraction of sp³-hybridized carbons (Fsp3) is 0.500. The minimum atomic E-state index is -2.51. The van der Waals surface area contributed by atoms with Crippen LogP contribution in [0.1, 0.15) is 63.7 Å². The van der Waals surface area contributed by atoms with Crippen LogP contribution >= 0.6 is 0 Å². The topological polar surface area (TPSA) is 92.2 Å². The molecule has 2 fully saturated rings. The molecule has 1 saturated carbocycles. The summed E-state index contributed by atoms with van der Waals surface area (Å²) in [6.07, 6.45) is 5.75. The van der Waals surface area contributed by atoms with Gasteiger partial charge in [-0.15, -0.1) is 0 Å². The van der Waals surface area contributed by atoms with Crippen molar-refractivity contribution in [1.29, 1.82) is 0 Å². The molecular weight excluding hydrogens is 552 g/mol. The predicted octanol–water partition coefficient (Wildman–Crippen LogP) is 6.07. The zero-order chi connectivity index (χ0) is 30.4. The van der Waals surface area contributed by atoms with Gasteiger partial charge in [0, 0.05) is 81.7 Å². The summed E-state index contributed by atoms with van der Waals surface area (Å²) in [5, 5.41) is 4.39. The standard InChI is InChI=1S/C32H39F2N7O2/c1-21(39-9-11-40(12-10-39)30(42)43-31(2,3)4)23-7-8-35-26(13-23)15-29-37-27-6-5-24(14-28(27)38-29)25-18-36-41(20-25)19-22-16-32(33,34)17-22/h5-8,13-14,18,20-22H,9-12,15-17,19H2,1-4H3,(H,37,38). The number of amides is 1. The van der Waals surface area contributed by atoms with Crippen LogP contribution in [-0.4, -0.2) is 78.3 Å². The highest BCUT2D eigenvalue weighted by Crippen LogP contribution is 2.43. The van der Waals surface area contributed by atoms with Gasteiger partial charge < -0.3 is 14.6 Å². The first-order valence-corrected chi connectivity index (χ1v) is 15.0. The van der Waals surface area contributed by atoms with E-state index in [9.17, 15) is 13.6 Å². The molecule has 1 N–H and O–H groups in total. The van der Waals surface area contributed by atoms with E-state index in [-0.39, 0.29) is 30.9 Å². The van der Waals surface area contributed by atoms with Gasteiger partial charge in [0.05, 0.1) is 17.2 Å². The first-order chi connectivity index (χ1) is 20.4. The molecule has 1 amide bonds. The SMILES string of the molecule is CC(c1ccnc(Cc2nc3ccc(-c4cnn(CC5CC(F)(F)C5)c4)cc3[nH]2)c1)N1CCN(C(=O)OC(C)(C)C)CC1. The third-order valence-electron chi connectivity index (χ3n) is 8.30. The Morgan fingerprint density at radius 3 is 2.60 bits per heavy atom. The molecule has 1 atom stereocenters. The number of carbonyl (C=O) groups excluding carboxylic acids is 1. The van der Waals surface area contributed by atoms with Crippen molar-refractivity contribution in [3.8, 4) is 11.1 Å². The van der Waals surface area contributed by atoms with E-state index in [1.54, 1.807) is 15.8 Å². The molecule has 0 spiro atoms. The van der Waals surface area contributed by atoms with E-state index in [0.717, 1.165) is 46.8 Å². The number of fused-ring (bicyclic) bond motifs is 1. The zero-order valence-corrected chi connectivity index (χ0v) is 25.2. The Balaban J connectivity index is 1.08. The third kappa shape index (κ3) is 6.87. The summed E-state index contributed by atoms with van der Waals surface area (Å²) in [4.78, 5) is 29.4. The average Bonchev–Trinajstić information content (AvgIpc) is 3.57. The number of nitrogens with one attached hydrogen (secondary N) is 1. The first kappa shape index (κ1) is 29.2. The molecule has 6 rings (SSSR count). The van der Waals surface area contributed by atoms with Crippen LogP contribution in [0.2, 0.25) is 0 Å². The Hall–Kier alpha value is -3.86. The number of nitrogens with zero attached hydrogens (tertiary/aromatic N) is 6. The zero-order valence-electron chi connectivity index (χ0n) is 25.2. The van der Waals surface area contributed by atoms with E-state index < -0.39 is 11.5 Å². The van der Waals surface area contributed by atoms with Crippen LogP contribution in [0.4, 0.5) is 13.6 Å². The molecule has 43 heavy (non-hydrogen) atoms. The summed E-state index contributed by atoms with van der Waals surface area (Å²) in [6.45, 7) is 11.2. The number of imidazole rings is 1. The fourth-order valence-electron chi connectivity index (χ4n) is 5.97. The second kappa shape index (κ2) is 11.3. The highest BCUT2D eigenvalue weighted by atomic mass is 19.3. The highest BCUT2D eigenvalue weighted by Gasteiger charge is 2.45. The molecule has 1 unspecified atom stereocenters. The number of H-pyrrole nitrogens is 1. The number of hydrogen-bond acceptors (Lipinski definition) is 6. The summed E-state index contributed by atoms with van der Waals surface area (Å²) < 4.78 is 33.7. The number of benzene rings is 1. The number of aromatic nitrogens is 5. The van der Waals surface area contributed by atoms with Crippen molar-refractivity contribution >= 4 is 17.1 Å². The summed E-state index contributed by atoms with van der Waals surface area (Å²) >= 11 is 0. The third-order valence-corrected chi connectivity index (χ3v) is 8.30. The molecule has 1 aromatic carbocycles. The normalized spacial score (nSPS) is 18.5. The van der Waals surface area contributed by atoms with Crippen LogP contribution in [-0.2, 0) is 17.7 Å². The fourth-order valence-corrected chi connectivity index (χ4v) is 5.97. The minimum absolute atomic E-state index is 0.0233. The average molecular weight is 592 g/mol.